The van der Waals surface area contributed by atoms with Gasteiger partial charge in [0, 0.05) is 11.6 Å². The number of nitrogens with two attached hydrogens (primary N) is 1. The van der Waals surface area contributed by atoms with Crippen LogP contribution in [0.25, 0.3) is 0 Å². The summed E-state index contributed by atoms with van der Waals surface area (Å²) in [6.07, 6.45) is 0. The molecule has 0 spiro atoms. The molecular formula is C14H19N5S. The van der Waals surface area contributed by atoms with Gasteiger partial charge in [0.25, 0.3) is 0 Å². The lowest BCUT2D eigenvalue weighted by atomic mass is 10.2. The maximum Gasteiger partial charge on any atom is 0.193 e. The second kappa shape index (κ2) is 6.47. The minimum absolute atomic E-state index is 0.386. The fourth-order valence-corrected chi connectivity index (χ4v) is 2.40. The predicted molar refractivity (Wildman–Crippen MR) is 84.1 cm³/mol. The SMILES string of the molecule is Cc1cccc(NC(N)=NCc2nnc(C(C)C)s2)c1. The number of hydrogen-bond donors (Lipinski definition) is 2. The van der Waals surface area contributed by atoms with E-state index in [1.807, 2.05) is 31.2 Å². The zero-order valence-corrected chi connectivity index (χ0v) is 12.7. The van der Waals surface area contributed by atoms with Crippen molar-refractivity contribution in [1.82, 2.24) is 10.2 Å². The van der Waals surface area contributed by atoms with Gasteiger partial charge in [0.15, 0.2) is 5.96 Å². The van der Waals surface area contributed by atoms with Crippen molar-refractivity contribution in [2.24, 2.45) is 10.7 Å². The number of guanidine groups is 1. The number of hydrogen-bond acceptors (Lipinski definition) is 4. The molecule has 0 saturated heterocycles. The van der Waals surface area contributed by atoms with Crippen molar-refractivity contribution in [1.29, 1.82) is 0 Å². The van der Waals surface area contributed by atoms with Crippen molar-refractivity contribution in [3.63, 3.8) is 0 Å². The number of anilines is 1. The Kier molecular flexibility index (Phi) is 4.68. The van der Waals surface area contributed by atoms with Crippen LogP contribution in [0, 0.1) is 6.92 Å². The number of benzene rings is 1. The van der Waals surface area contributed by atoms with Crippen LogP contribution in [-0.2, 0) is 6.54 Å². The number of aromatic nitrogens is 2. The average molecular weight is 289 g/mol. The van der Waals surface area contributed by atoms with E-state index in [1.165, 1.54) is 5.56 Å². The van der Waals surface area contributed by atoms with Crippen molar-refractivity contribution in [2.75, 3.05) is 5.32 Å². The standard InChI is InChI=1S/C14H19N5S/c1-9(2)13-19-18-12(20-13)8-16-14(15)17-11-6-4-5-10(3)7-11/h4-7,9H,8H2,1-3H3,(H3,15,16,17). The third kappa shape index (κ3) is 4.03. The zero-order chi connectivity index (χ0) is 14.5. The van der Waals surface area contributed by atoms with E-state index in [1.54, 1.807) is 11.3 Å². The molecule has 0 aliphatic heterocycles. The van der Waals surface area contributed by atoms with Gasteiger partial charge in [-0.2, -0.15) is 0 Å². The lowest BCUT2D eigenvalue weighted by Crippen LogP contribution is -2.22. The Morgan fingerprint density at radius 2 is 2.20 bits per heavy atom. The van der Waals surface area contributed by atoms with Gasteiger partial charge < -0.3 is 11.1 Å². The monoisotopic (exact) mass is 289 g/mol. The highest BCUT2D eigenvalue weighted by Gasteiger charge is 2.07. The average Bonchev–Trinajstić information content (AvgIpc) is 2.85. The van der Waals surface area contributed by atoms with Crippen LogP contribution in [0.1, 0.15) is 35.3 Å². The first-order valence-electron chi connectivity index (χ1n) is 6.50. The number of aryl methyl sites for hydroxylation is 1. The van der Waals surface area contributed by atoms with E-state index in [9.17, 15) is 0 Å². The number of nitrogens with zero attached hydrogens (tertiary/aromatic N) is 3. The van der Waals surface area contributed by atoms with E-state index in [0.717, 1.165) is 15.7 Å². The molecule has 6 heteroatoms. The highest BCUT2D eigenvalue weighted by Crippen LogP contribution is 2.19. The molecule has 106 valence electrons. The normalized spacial score (nSPS) is 11.9. The fourth-order valence-electron chi connectivity index (χ4n) is 1.63. The third-order valence-corrected chi connectivity index (χ3v) is 3.86. The summed E-state index contributed by atoms with van der Waals surface area (Å²) in [5.41, 5.74) is 7.98. The van der Waals surface area contributed by atoms with E-state index in [-0.39, 0.29) is 0 Å². The Labute approximate surface area is 123 Å². The molecule has 5 nitrogen and oxygen atoms in total. The van der Waals surface area contributed by atoms with Crippen molar-refractivity contribution in [3.05, 3.63) is 39.8 Å². The molecule has 0 radical (unpaired) electrons. The predicted octanol–water partition coefficient (Wildman–Crippen LogP) is 2.90. The molecule has 0 fully saturated rings. The summed E-state index contributed by atoms with van der Waals surface area (Å²) in [5, 5.41) is 13.2. The molecule has 1 heterocycles. The first kappa shape index (κ1) is 14.5. The van der Waals surface area contributed by atoms with Gasteiger partial charge in [-0.3, -0.25) is 0 Å². The van der Waals surface area contributed by atoms with E-state index in [4.69, 9.17) is 5.73 Å². The third-order valence-electron chi connectivity index (χ3n) is 2.65. The molecule has 2 rings (SSSR count). The lowest BCUT2D eigenvalue weighted by Gasteiger charge is -2.05. The topological polar surface area (TPSA) is 76.2 Å². The number of rotatable bonds is 4. The smallest absolute Gasteiger partial charge is 0.193 e. The van der Waals surface area contributed by atoms with Gasteiger partial charge in [-0.25, -0.2) is 4.99 Å². The van der Waals surface area contributed by atoms with Crippen LogP contribution in [-0.4, -0.2) is 16.2 Å². The van der Waals surface area contributed by atoms with Gasteiger partial charge in [0.2, 0.25) is 0 Å². The Morgan fingerprint density at radius 1 is 1.40 bits per heavy atom. The maximum atomic E-state index is 5.87. The summed E-state index contributed by atoms with van der Waals surface area (Å²) in [4.78, 5) is 4.28. The first-order valence-corrected chi connectivity index (χ1v) is 7.32. The minimum atomic E-state index is 0.386. The van der Waals surface area contributed by atoms with Crippen LogP contribution in [0.4, 0.5) is 5.69 Å². The molecule has 0 bridgehead atoms. The summed E-state index contributed by atoms with van der Waals surface area (Å²) < 4.78 is 0. The Morgan fingerprint density at radius 3 is 2.85 bits per heavy atom. The highest BCUT2D eigenvalue weighted by atomic mass is 32.1. The Balaban J connectivity index is 1.96. The van der Waals surface area contributed by atoms with Crippen LogP contribution in [0.15, 0.2) is 29.3 Å². The summed E-state index contributed by atoms with van der Waals surface area (Å²) in [5.74, 6) is 0.782. The van der Waals surface area contributed by atoms with E-state index in [2.05, 4.69) is 34.4 Å². The van der Waals surface area contributed by atoms with Crippen molar-refractivity contribution in [2.45, 2.75) is 33.2 Å². The van der Waals surface area contributed by atoms with E-state index >= 15 is 0 Å². The largest absolute Gasteiger partial charge is 0.370 e. The molecule has 0 saturated carbocycles. The molecule has 20 heavy (non-hydrogen) atoms. The van der Waals surface area contributed by atoms with Gasteiger partial charge in [-0.15, -0.1) is 10.2 Å². The number of nitrogens with one attached hydrogen (secondary N) is 1. The summed E-state index contributed by atoms with van der Waals surface area (Å²) in [7, 11) is 0. The second-order valence-corrected chi connectivity index (χ2v) is 5.98. The van der Waals surface area contributed by atoms with Crippen molar-refractivity contribution >= 4 is 23.0 Å². The number of aliphatic imine (C=N–C) groups is 1. The van der Waals surface area contributed by atoms with Crippen molar-refractivity contribution < 1.29 is 0 Å². The quantitative estimate of drug-likeness (QED) is 0.670. The van der Waals surface area contributed by atoms with Gasteiger partial charge in [0.1, 0.15) is 10.0 Å². The summed E-state index contributed by atoms with van der Waals surface area (Å²) in [6, 6.07) is 7.99. The van der Waals surface area contributed by atoms with E-state index in [0.29, 0.717) is 18.4 Å². The van der Waals surface area contributed by atoms with Crippen LogP contribution in [0.5, 0.6) is 0 Å². The molecule has 1 aromatic heterocycles. The molecule has 2 aromatic rings. The Hall–Kier alpha value is -1.95. The van der Waals surface area contributed by atoms with Crippen LogP contribution >= 0.6 is 11.3 Å². The molecule has 0 atom stereocenters. The zero-order valence-electron chi connectivity index (χ0n) is 11.9. The Bertz CT molecular complexity index is 603. The second-order valence-electron chi connectivity index (χ2n) is 4.88. The molecule has 0 amide bonds. The molecule has 0 unspecified atom stereocenters. The van der Waals surface area contributed by atoms with Gasteiger partial charge in [-0.1, -0.05) is 37.3 Å². The first-order chi connectivity index (χ1) is 9.54. The fraction of sp³-hybridized carbons (Fsp3) is 0.357. The van der Waals surface area contributed by atoms with Gasteiger partial charge >= 0.3 is 0 Å². The van der Waals surface area contributed by atoms with Gasteiger partial charge in [0.05, 0.1) is 6.54 Å². The lowest BCUT2D eigenvalue weighted by molar-refractivity contribution is 0.816. The van der Waals surface area contributed by atoms with E-state index < -0.39 is 0 Å². The maximum absolute atomic E-state index is 5.87. The summed E-state index contributed by atoms with van der Waals surface area (Å²) in [6.45, 7) is 6.69. The van der Waals surface area contributed by atoms with Crippen molar-refractivity contribution in [3.8, 4) is 0 Å². The molecular weight excluding hydrogens is 270 g/mol. The minimum Gasteiger partial charge on any atom is -0.370 e. The molecule has 0 aliphatic rings. The van der Waals surface area contributed by atoms with Crippen LogP contribution < -0.4 is 11.1 Å². The van der Waals surface area contributed by atoms with Crippen LogP contribution in [0.3, 0.4) is 0 Å². The van der Waals surface area contributed by atoms with Gasteiger partial charge in [-0.05, 0) is 24.6 Å². The van der Waals surface area contributed by atoms with Crippen LogP contribution in [0.2, 0.25) is 0 Å². The molecule has 0 aliphatic carbocycles. The summed E-state index contributed by atoms with van der Waals surface area (Å²) >= 11 is 1.58. The highest BCUT2D eigenvalue weighted by molar-refractivity contribution is 7.11. The molecule has 3 N–H and O–H groups in total. The molecule has 1 aromatic carbocycles.